The fraction of sp³-hybridized carbons (Fsp3) is 0.115. The molecule has 4 nitrogen and oxygen atoms in total. The quantitative estimate of drug-likeness (QED) is 0.348. The first-order valence-corrected chi connectivity index (χ1v) is 10.8. The number of nitrogens with one attached hydrogen (secondary N) is 1. The predicted molar refractivity (Wildman–Crippen MR) is 130 cm³/mol. The van der Waals surface area contributed by atoms with Crippen molar-refractivity contribution in [3.05, 3.63) is 89.3 Å². The number of aryl methyl sites for hydroxylation is 1. The molecule has 0 radical (unpaired) electrons. The Labute approximate surface area is 186 Å². The number of thiazole rings is 1. The highest BCUT2D eigenvalue weighted by atomic mass is 32.1. The number of hydrogen-bond donors (Lipinski definition) is 1. The number of methoxy groups -OCH3 is 2. The molecule has 4 aromatic rings. The lowest BCUT2D eigenvalue weighted by atomic mass is 9.97. The number of nitrogens with zero attached hydrogens (tertiary/aromatic N) is 1. The molecule has 5 heteroatoms. The first-order chi connectivity index (χ1) is 15.1. The van der Waals surface area contributed by atoms with Crippen LogP contribution in [0.1, 0.15) is 10.6 Å². The molecule has 1 aromatic heterocycles. The second kappa shape index (κ2) is 9.06. The number of ether oxygens (including phenoxy) is 2. The van der Waals surface area contributed by atoms with E-state index in [0.717, 1.165) is 55.8 Å². The van der Waals surface area contributed by atoms with Crippen LogP contribution in [0.25, 0.3) is 28.1 Å². The van der Waals surface area contributed by atoms with Gasteiger partial charge in [0, 0.05) is 27.9 Å². The van der Waals surface area contributed by atoms with Crippen molar-refractivity contribution in [2.45, 2.75) is 6.92 Å². The molecule has 0 fully saturated rings. The Morgan fingerprint density at radius 3 is 2.13 bits per heavy atom. The van der Waals surface area contributed by atoms with Gasteiger partial charge in [0.15, 0.2) is 0 Å². The van der Waals surface area contributed by atoms with Gasteiger partial charge >= 0.3 is 0 Å². The molecule has 3 aromatic carbocycles. The minimum absolute atomic E-state index is 0.797. The molecule has 0 saturated carbocycles. The summed E-state index contributed by atoms with van der Waals surface area (Å²) in [6.07, 6.45) is 0. The van der Waals surface area contributed by atoms with Gasteiger partial charge in [-0.15, -0.1) is 11.3 Å². The van der Waals surface area contributed by atoms with E-state index in [1.165, 1.54) is 0 Å². The zero-order valence-corrected chi connectivity index (χ0v) is 18.6. The molecule has 0 atom stereocenters. The highest BCUT2D eigenvalue weighted by Gasteiger charge is 2.11. The molecule has 156 valence electrons. The van der Waals surface area contributed by atoms with Gasteiger partial charge in [0.05, 0.1) is 24.9 Å². The van der Waals surface area contributed by atoms with Crippen LogP contribution in [0.3, 0.4) is 0 Å². The molecule has 4 rings (SSSR count). The van der Waals surface area contributed by atoms with Crippen molar-refractivity contribution < 1.29 is 9.47 Å². The molecule has 31 heavy (non-hydrogen) atoms. The number of anilines is 1. The van der Waals surface area contributed by atoms with Crippen molar-refractivity contribution in [1.82, 2.24) is 4.98 Å². The molecular formula is C26H24N2O2S. The van der Waals surface area contributed by atoms with E-state index in [-0.39, 0.29) is 0 Å². The van der Waals surface area contributed by atoms with Crippen LogP contribution in [0.15, 0.2) is 78.7 Å². The summed E-state index contributed by atoms with van der Waals surface area (Å²) in [5.41, 5.74) is 6.99. The van der Waals surface area contributed by atoms with E-state index in [0.29, 0.717) is 0 Å². The van der Waals surface area contributed by atoms with Gasteiger partial charge < -0.3 is 14.8 Å². The summed E-state index contributed by atoms with van der Waals surface area (Å²) in [4.78, 5) is 4.55. The lowest BCUT2D eigenvalue weighted by Gasteiger charge is -2.16. The standard InChI is InChI=1S/C26H24N2O2S/c1-17(27-21-9-5-20(6-10-21)26-16-31-18(2)28-26)24-14-13-23(30-4)15-25(24)19-7-11-22(29-3)12-8-19/h5-16,27H,1H2,2-4H3. The Kier molecular flexibility index (Phi) is 6.05. The Morgan fingerprint density at radius 2 is 1.52 bits per heavy atom. The fourth-order valence-electron chi connectivity index (χ4n) is 3.38. The summed E-state index contributed by atoms with van der Waals surface area (Å²) in [5, 5.41) is 6.58. The monoisotopic (exact) mass is 428 g/mol. The Balaban J connectivity index is 1.60. The molecule has 0 aliphatic carbocycles. The maximum absolute atomic E-state index is 5.45. The second-order valence-corrected chi connectivity index (χ2v) is 8.13. The lowest BCUT2D eigenvalue weighted by molar-refractivity contribution is 0.414. The SMILES string of the molecule is C=C(Nc1ccc(-c2csc(C)n2)cc1)c1ccc(OC)cc1-c1ccc(OC)cc1. The molecule has 0 saturated heterocycles. The number of benzene rings is 3. The summed E-state index contributed by atoms with van der Waals surface area (Å²) in [6, 6.07) is 22.2. The van der Waals surface area contributed by atoms with Gasteiger partial charge in [0.25, 0.3) is 0 Å². The van der Waals surface area contributed by atoms with Crippen LogP contribution in [-0.4, -0.2) is 19.2 Å². The third-order valence-electron chi connectivity index (χ3n) is 5.05. The van der Waals surface area contributed by atoms with Crippen molar-refractivity contribution >= 4 is 22.7 Å². The number of rotatable bonds is 7. The minimum Gasteiger partial charge on any atom is -0.497 e. The van der Waals surface area contributed by atoms with Gasteiger partial charge in [0.1, 0.15) is 11.5 Å². The molecule has 1 heterocycles. The Morgan fingerprint density at radius 1 is 0.871 bits per heavy atom. The summed E-state index contributed by atoms with van der Waals surface area (Å²) < 4.78 is 10.7. The topological polar surface area (TPSA) is 43.4 Å². The summed E-state index contributed by atoms with van der Waals surface area (Å²) >= 11 is 1.66. The lowest BCUT2D eigenvalue weighted by Crippen LogP contribution is -2.00. The van der Waals surface area contributed by atoms with Gasteiger partial charge in [-0.25, -0.2) is 4.98 Å². The molecule has 0 spiro atoms. The Bertz CT molecular complexity index is 1200. The van der Waals surface area contributed by atoms with E-state index in [4.69, 9.17) is 9.47 Å². The zero-order valence-electron chi connectivity index (χ0n) is 17.8. The van der Waals surface area contributed by atoms with E-state index in [1.54, 1.807) is 25.6 Å². The first kappa shape index (κ1) is 20.7. The van der Waals surface area contributed by atoms with Gasteiger partial charge in [-0.3, -0.25) is 0 Å². The van der Waals surface area contributed by atoms with Gasteiger partial charge in [0.2, 0.25) is 0 Å². The van der Waals surface area contributed by atoms with Crippen LogP contribution in [0.4, 0.5) is 5.69 Å². The molecule has 0 unspecified atom stereocenters. The van der Waals surface area contributed by atoms with Gasteiger partial charge in [-0.1, -0.05) is 30.8 Å². The van der Waals surface area contributed by atoms with Crippen LogP contribution in [0, 0.1) is 6.92 Å². The average Bonchev–Trinajstić information content (AvgIpc) is 3.25. The molecule has 0 aliphatic rings. The number of aromatic nitrogens is 1. The van der Waals surface area contributed by atoms with Crippen LogP contribution >= 0.6 is 11.3 Å². The summed E-state index contributed by atoms with van der Waals surface area (Å²) in [7, 11) is 3.34. The molecule has 0 amide bonds. The summed E-state index contributed by atoms with van der Waals surface area (Å²) in [6.45, 7) is 6.31. The zero-order chi connectivity index (χ0) is 21.8. The largest absolute Gasteiger partial charge is 0.497 e. The van der Waals surface area contributed by atoms with E-state index >= 15 is 0 Å². The Hall–Kier alpha value is -3.57. The second-order valence-electron chi connectivity index (χ2n) is 7.07. The normalized spacial score (nSPS) is 10.5. The highest BCUT2D eigenvalue weighted by Crippen LogP contribution is 2.33. The maximum Gasteiger partial charge on any atom is 0.119 e. The van der Waals surface area contributed by atoms with Crippen LogP contribution < -0.4 is 14.8 Å². The molecule has 0 aliphatic heterocycles. The number of hydrogen-bond acceptors (Lipinski definition) is 5. The predicted octanol–water partition coefficient (Wildman–Crippen LogP) is 6.89. The van der Waals surface area contributed by atoms with Crippen LogP contribution in [-0.2, 0) is 0 Å². The first-order valence-electron chi connectivity index (χ1n) is 9.88. The van der Waals surface area contributed by atoms with Crippen LogP contribution in [0.2, 0.25) is 0 Å². The highest BCUT2D eigenvalue weighted by molar-refractivity contribution is 7.09. The van der Waals surface area contributed by atoms with E-state index in [9.17, 15) is 0 Å². The van der Waals surface area contributed by atoms with Crippen LogP contribution in [0.5, 0.6) is 11.5 Å². The van der Waals surface area contributed by atoms with E-state index in [1.807, 2.05) is 61.5 Å². The van der Waals surface area contributed by atoms with Crippen molar-refractivity contribution in [1.29, 1.82) is 0 Å². The van der Waals surface area contributed by atoms with E-state index in [2.05, 4.69) is 34.4 Å². The maximum atomic E-state index is 5.45. The van der Waals surface area contributed by atoms with Gasteiger partial charge in [-0.05, 0) is 60.5 Å². The molecule has 0 bridgehead atoms. The van der Waals surface area contributed by atoms with Crippen molar-refractivity contribution in [3.8, 4) is 33.9 Å². The van der Waals surface area contributed by atoms with Crippen molar-refractivity contribution in [3.63, 3.8) is 0 Å². The van der Waals surface area contributed by atoms with Crippen molar-refractivity contribution in [2.24, 2.45) is 0 Å². The average molecular weight is 429 g/mol. The molecular weight excluding hydrogens is 404 g/mol. The van der Waals surface area contributed by atoms with Gasteiger partial charge in [-0.2, -0.15) is 0 Å². The third-order valence-corrected chi connectivity index (χ3v) is 5.82. The van der Waals surface area contributed by atoms with E-state index < -0.39 is 0 Å². The minimum atomic E-state index is 0.797. The molecule has 1 N–H and O–H groups in total. The summed E-state index contributed by atoms with van der Waals surface area (Å²) in [5.74, 6) is 1.62. The fourth-order valence-corrected chi connectivity index (χ4v) is 4.01. The smallest absolute Gasteiger partial charge is 0.119 e. The van der Waals surface area contributed by atoms with Crippen molar-refractivity contribution in [2.75, 3.05) is 19.5 Å². The third kappa shape index (κ3) is 4.62.